The number of hydrogen-bond donors (Lipinski definition) is 0. The standard InChI is InChI=1S/C17H26O3/c1-18-16-10-9-14(13-17(16)19-2)11-12-20-15-7-5-3-4-6-8-15/h9-10,13,15H,3-8,11-12H2,1-2H3. The first kappa shape index (κ1) is 15.2. The van der Waals surface area contributed by atoms with E-state index >= 15 is 0 Å². The van der Waals surface area contributed by atoms with Crippen LogP contribution in [0.2, 0.25) is 0 Å². The molecule has 1 aromatic carbocycles. The quantitative estimate of drug-likeness (QED) is 0.736. The molecule has 20 heavy (non-hydrogen) atoms. The highest BCUT2D eigenvalue weighted by Gasteiger charge is 2.12. The summed E-state index contributed by atoms with van der Waals surface area (Å²) in [5, 5.41) is 0. The van der Waals surface area contributed by atoms with E-state index < -0.39 is 0 Å². The van der Waals surface area contributed by atoms with E-state index in [-0.39, 0.29) is 0 Å². The van der Waals surface area contributed by atoms with Crippen molar-refractivity contribution in [2.75, 3.05) is 20.8 Å². The van der Waals surface area contributed by atoms with Crippen molar-refractivity contribution < 1.29 is 14.2 Å². The van der Waals surface area contributed by atoms with Crippen molar-refractivity contribution in [1.82, 2.24) is 0 Å². The van der Waals surface area contributed by atoms with Gasteiger partial charge < -0.3 is 14.2 Å². The lowest BCUT2D eigenvalue weighted by atomic mass is 10.1. The van der Waals surface area contributed by atoms with Crippen LogP contribution in [0.25, 0.3) is 0 Å². The number of rotatable bonds is 6. The number of benzene rings is 1. The van der Waals surface area contributed by atoms with Gasteiger partial charge in [-0.15, -0.1) is 0 Å². The molecule has 0 spiro atoms. The van der Waals surface area contributed by atoms with E-state index in [0.717, 1.165) is 24.5 Å². The van der Waals surface area contributed by atoms with Gasteiger partial charge in [0.15, 0.2) is 11.5 Å². The van der Waals surface area contributed by atoms with Gasteiger partial charge in [0.05, 0.1) is 26.9 Å². The summed E-state index contributed by atoms with van der Waals surface area (Å²) in [6.45, 7) is 0.792. The van der Waals surface area contributed by atoms with Crippen LogP contribution in [-0.2, 0) is 11.2 Å². The highest BCUT2D eigenvalue weighted by molar-refractivity contribution is 5.42. The molecule has 0 aliphatic heterocycles. The van der Waals surface area contributed by atoms with Crippen molar-refractivity contribution in [3.8, 4) is 11.5 Å². The fraction of sp³-hybridized carbons (Fsp3) is 0.647. The summed E-state index contributed by atoms with van der Waals surface area (Å²) in [5.41, 5.74) is 1.23. The molecule has 3 nitrogen and oxygen atoms in total. The third-order valence-corrected chi connectivity index (χ3v) is 3.99. The molecule has 1 fully saturated rings. The molecule has 1 aliphatic carbocycles. The lowest BCUT2D eigenvalue weighted by Crippen LogP contribution is -2.13. The monoisotopic (exact) mass is 278 g/mol. The molecule has 0 unspecified atom stereocenters. The van der Waals surface area contributed by atoms with Crippen LogP contribution < -0.4 is 9.47 Å². The SMILES string of the molecule is COc1ccc(CCOC2CCCCCC2)cc1OC. The summed E-state index contributed by atoms with van der Waals surface area (Å²) in [5.74, 6) is 1.57. The van der Waals surface area contributed by atoms with Crippen molar-refractivity contribution in [1.29, 1.82) is 0 Å². The molecular formula is C17H26O3. The van der Waals surface area contributed by atoms with Crippen molar-refractivity contribution in [3.63, 3.8) is 0 Å². The molecule has 0 atom stereocenters. The van der Waals surface area contributed by atoms with Crippen molar-refractivity contribution in [3.05, 3.63) is 23.8 Å². The van der Waals surface area contributed by atoms with Crippen molar-refractivity contribution in [2.45, 2.75) is 51.0 Å². The van der Waals surface area contributed by atoms with E-state index in [2.05, 4.69) is 6.07 Å². The average Bonchev–Trinajstić information content (AvgIpc) is 2.76. The molecular weight excluding hydrogens is 252 g/mol. The molecule has 3 heteroatoms. The number of ether oxygens (including phenoxy) is 3. The maximum Gasteiger partial charge on any atom is 0.160 e. The van der Waals surface area contributed by atoms with E-state index in [4.69, 9.17) is 14.2 Å². The van der Waals surface area contributed by atoms with Crippen LogP contribution in [0.1, 0.15) is 44.1 Å². The Kier molecular flexibility index (Phi) is 6.19. The maximum absolute atomic E-state index is 6.02. The molecule has 1 aliphatic rings. The second-order valence-electron chi connectivity index (χ2n) is 5.42. The Labute approximate surface area is 122 Å². The van der Waals surface area contributed by atoms with Crippen LogP contribution in [-0.4, -0.2) is 26.9 Å². The minimum atomic E-state index is 0.470. The third kappa shape index (κ3) is 4.41. The van der Waals surface area contributed by atoms with Gasteiger partial charge in [-0.05, 0) is 37.0 Å². The second-order valence-corrected chi connectivity index (χ2v) is 5.42. The minimum Gasteiger partial charge on any atom is -0.493 e. The van der Waals surface area contributed by atoms with Crippen LogP contribution in [0.5, 0.6) is 11.5 Å². The van der Waals surface area contributed by atoms with Crippen LogP contribution in [0.15, 0.2) is 18.2 Å². The van der Waals surface area contributed by atoms with Crippen LogP contribution in [0, 0.1) is 0 Å². The number of hydrogen-bond acceptors (Lipinski definition) is 3. The fourth-order valence-electron chi connectivity index (χ4n) is 2.79. The second kappa shape index (κ2) is 8.15. The Morgan fingerprint density at radius 3 is 2.30 bits per heavy atom. The molecule has 112 valence electrons. The van der Waals surface area contributed by atoms with Gasteiger partial charge in [-0.2, -0.15) is 0 Å². The zero-order valence-corrected chi connectivity index (χ0v) is 12.7. The van der Waals surface area contributed by atoms with E-state index in [0.29, 0.717) is 6.10 Å². The first-order valence-corrected chi connectivity index (χ1v) is 7.66. The Hall–Kier alpha value is -1.22. The first-order chi connectivity index (χ1) is 9.83. The van der Waals surface area contributed by atoms with Gasteiger partial charge in [-0.25, -0.2) is 0 Å². The Morgan fingerprint density at radius 2 is 1.65 bits per heavy atom. The first-order valence-electron chi connectivity index (χ1n) is 7.66. The summed E-state index contributed by atoms with van der Waals surface area (Å²) in [4.78, 5) is 0. The normalized spacial score (nSPS) is 16.7. The predicted octanol–water partition coefficient (Wildman–Crippen LogP) is 3.99. The van der Waals surface area contributed by atoms with Gasteiger partial charge in [0, 0.05) is 0 Å². The van der Waals surface area contributed by atoms with Gasteiger partial charge in [0.2, 0.25) is 0 Å². The third-order valence-electron chi connectivity index (χ3n) is 3.99. The van der Waals surface area contributed by atoms with E-state index in [1.54, 1.807) is 14.2 Å². The molecule has 0 bridgehead atoms. The molecule has 0 radical (unpaired) electrons. The molecule has 2 rings (SSSR count). The van der Waals surface area contributed by atoms with Crippen LogP contribution in [0.3, 0.4) is 0 Å². The van der Waals surface area contributed by atoms with E-state index in [1.807, 2.05) is 12.1 Å². The summed E-state index contributed by atoms with van der Waals surface area (Å²) >= 11 is 0. The molecule has 1 aromatic rings. The summed E-state index contributed by atoms with van der Waals surface area (Å²) in [7, 11) is 3.33. The minimum absolute atomic E-state index is 0.470. The molecule has 0 amide bonds. The van der Waals surface area contributed by atoms with E-state index in [1.165, 1.54) is 44.1 Å². The molecule has 0 N–H and O–H groups in total. The van der Waals surface area contributed by atoms with Gasteiger partial charge in [0.25, 0.3) is 0 Å². The van der Waals surface area contributed by atoms with Crippen molar-refractivity contribution >= 4 is 0 Å². The lowest BCUT2D eigenvalue weighted by Gasteiger charge is -2.15. The molecule has 0 aromatic heterocycles. The highest BCUT2D eigenvalue weighted by Crippen LogP contribution is 2.28. The van der Waals surface area contributed by atoms with Crippen LogP contribution in [0.4, 0.5) is 0 Å². The average molecular weight is 278 g/mol. The van der Waals surface area contributed by atoms with Gasteiger partial charge >= 0.3 is 0 Å². The molecule has 0 saturated heterocycles. The zero-order chi connectivity index (χ0) is 14.2. The van der Waals surface area contributed by atoms with Gasteiger partial charge in [0.1, 0.15) is 0 Å². The number of methoxy groups -OCH3 is 2. The van der Waals surface area contributed by atoms with Gasteiger partial charge in [-0.3, -0.25) is 0 Å². The fourth-order valence-corrected chi connectivity index (χ4v) is 2.79. The highest BCUT2D eigenvalue weighted by atomic mass is 16.5. The zero-order valence-electron chi connectivity index (χ0n) is 12.7. The maximum atomic E-state index is 6.02. The van der Waals surface area contributed by atoms with Gasteiger partial charge in [-0.1, -0.05) is 31.7 Å². The lowest BCUT2D eigenvalue weighted by molar-refractivity contribution is 0.0453. The Morgan fingerprint density at radius 1 is 0.950 bits per heavy atom. The van der Waals surface area contributed by atoms with Crippen LogP contribution >= 0.6 is 0 Å². The Balaban J connectivity index is 1.81. The Bertz CT molecular complexity index is 395. The summed E-state index contributed by atoms with van der Waals surface area (Å²) < 4.78 is 16.6. The smallest absolute Gasteiger partial charge is 0.160 e. The van der Waals surface area contributed by atoms with E-state index in [9.17, 15) is 0 Å². The van der Waals surface area contributed by atoms with Crippen molar-refractivity contribution in [2.24, 2.45) is 0 Å². The largest absolute Gasteiger partial charge is 0.493 e. The topological polar surface area (TPSA) is 27.7 Å². The molecule has 0 heterocycles. The molecule has 1 saturated carbocycles. The predicted molar refractivity (Wildman–Crippen MR) is 80.7 cm³/mol. The summed E-state index contributed by atoms with van der Waals surface area (Å²) in [6, 6.07) is 6.08. The summed E-state index contributed by atoms with van der Waals surface area (Å²) in [6.07, 6.45) is 9.24.